The predicted octanol–water partition coefficient (Wildman–Crippen LogP) is 2.68. The molecular formula is C16H23FN2O. The third-order valence-corrected chi connectivity index (χ3v) is 3.72. The van der Waals surface area contributed by atoms with Gasteiger partial charge in [0.2, 0.25) is 0 Å². The van der Waals surface area contributed by atoms with Gasteiger partial charge in [0.1, 0.15) is 5.82 Å². The van der Waals surface area contributed by atoms with Crippen molar-refractivity contribution in [2.75, 3.05) is 19.6 Å². The molecule has 1 saturated heterocycles. The van der Waals surface area contributed by atoms with E-state index >= 15 is 0 Å². The van der Waals surface area contributed by atoms with E-state index in [9.17, 15) is 9.18 Å². The minimum atomic E-state index is -0.347. The topological polar surface area (TPSA) is 41.1 Å². The smallest absolute Gasteiger partial charge is 0.254 e. The van der Waals surface area contributed by atoms with Crippen LogP contribution < -0.4 is 10.6 Å². The summed E-state index contributed by atoms with van der Waals surface area (Å²) in [4.78, 5) is 12.0. The number of amides is 1. The fraction of sp³-hybridized carbons (Fsp3) is 0.562. The van der Waals surface area contributed by atoms with Crippen LogP contribution in [0.3, 0.4) is 0 Å². The molecule has 110 valence electrons. The van der Waals surface area contributed by atoms with Crippen LogP contribution in [0.15, 0.2) is 18.2 Å². The molecule has 1 aromatic carbocycles. The molecular weight excluding hydrogens is 255 g/mol. The second-order valence-electron chi connectivity index (χ2n) is 5.84. The molecule has 1 fully saturated rings. The van der Waals surface area contributed by atoms with Gasteiger partial charge in [0.05, 0.1) is 5.56 Å². The first-order chi connectivity index (χ1) is 9.59. The Bertz CT molecular complexity index is 468. The number of halogens is 1. The number of carbonyl (C=O) groups excluding carboxylic acids is 1. The van der Waals surface area contributed by atoms with E-state index in [1.807, 2.05) is 19.9 Å². The summed E-state index contributed by atoms with van der Waals surface area (Å²) >= 11 is 0. The standard InChI is InChI=1S/C16H23FN2O/c1-11(2)10-19-16(20)14-5-3-4-13(15(14)17)12-6-8-18-9-7-12/h3-5,11-12,18H,6-10H2,1-2H3,(H,19,20). The van der Waals surface area contributed by atoms with Crippen molar-refractivity contribution in [1.29, 1.82) is 0 Å². The van der Waals surface area contributed by atoms with Crippen molar-refractivity contribution in [2.45, 2.75) is 32.6 Å². The number of rotatable bonds is 4. The lowest BCUT2D eigenvalue weighted by Crippen LogP contribution is -2.29. The summed E-state index contributed by atoms with van der Waals surface area (Å²) in [6.45, 7) is 6.42. The number of piperidine rings is 1. The van der Waals surface area contributed by atoms with Gasteiger partial charge in [0.15, 0.2) is 0 Å². The van der Waals surface area contributed by atoms with Crippen LogP contribution in [0.2, 0.25) is 0 Å². The Morgan fingerprint density at radius 2 is 2.10 bits per heavy atom. The molecule has 4 heteroatoms. The van der Waals surface area contributed by atoms with Crippen molar-refractivity contribution >= 4 is 5.91 Å². The quantitative estimate of drug-likeness (QED) is 0.889. The molecule has 0 aromatic heterocycles. The number of nitrogens with one attached hydrogen (secondary N) is 2. The average Bonchev–Trinajstić information content (AvgIpc) is 2.46. The van der Waals surface area contributed by atoms with Crippen molar-refractivity contribution < 1.29 is 9.18 Å². The van der Waals surface area contributed by atoms with Gasteiger partial charge in [-0.3, -0.25) is 4.79 Å². The molecule has 1 aliphatic heterocycles. The summed E-state index contributed by atoms with van der Waals surface area (Å²) in [7, 11) is 0. The molecule has 2 N–H and O–H groups in total. The largest absolute Gasteiger partial charge is 0.352 e. The minimum absolute atomic E-state index is 0.168. The fourth-order valence-electron chi connectivity index (χ4n) is 2.57. The summed E-state index contributed by atoms with van der Waals surface area (Å²) in [5.74, 6) is -0.0867. The maximum atomic E-state index is 14.6. The highest BCUT2D eigenvalue weighted by molar-refractivity contribution is 5.94. The van der Waals surface area contributed by atoms with Gasteiger partial charge in [-0.15, -0.1) is 0 Å². The van der Waals surface area contributed by atoms with E-state index < -0.39 is 0 Å². The van der Waals surface area contributed by atoms with Crippen molar-refractivity contribution in [2.24, 2.45) is 5.92 Å². The molecule has 0 unspecified atom stereocenters. The van der Waals surface area contributed by atoms with Gasteiger partial charge in [0.25, 0.3) is 5.91 Å². The molecule has 1 amide bonds. The molecule has 3 nitrogen and oxygen atoms in total. The molecule has 1 heterocycles. The Hall–Kier alpha value is -1.42. The van der Waals surface area contributed by atoms with Crippen molar-refractivity contribution in [3.8, 4) is 0 Å². The summed E-state index contributed by atoms with van der Waals surface area (Å²) in [5, 5.41) is 6.05. The highest BCUT2D eigenvalue weighted by Crippen LogP contribution is 2.28. The second kappa shape index (κ2) is 6.84. The van der Waals surface area contributed by atoms with E-state index in [2.05, 4.69) is 10.6 Å². The predicted molar refractivity (Wildman–Crippen MR) is 78.4 cm³/mol. The third kappa shape index (κ3) is 3.57. The van der Waals surface area contributed by atoms with Gasteiger partial charge in [-0.2, -0.15) is 0 Å². The molecule has 0 atom stereocenters. The Balaban J connectivity index is 2.16. The summed E-state index contributed by atoms with van der Waals surface area (Å²) in [6.07, 6.45) is 1.85. The zero-order valence-electron chi connectivity index (χ0n) is 12.2. The number of hydrogen-bond donors (Lipinski definition) is 2. The van der Waals surface area contributed by atoms with Crippen LogP contribution in [0.25, 0.3) is 0 Å². The lowest BCUT2D eigenvalue weighted by Gasteiger charge is -2.24. The number of hydrogen-bond acceptors (Lipinski definition) is 2. The molecule has 0 spiro atoms. The van der Waals surface area contributed by atoms with Crippen LogP contribution in [0.1, 0.15) is 48.5 Å². The molecule has 0 aliphatic carbocycles. The van der Waals surface area contributed by atoms with Gasteiger partial charge in [-0.25, -0.2) is 4.39 Å². The average molecular weight is 278 g/mol. The van der Waals surface area contributed by atoms with Gasteiger partial charge in [-0.1, -0.05) is 26.0 Å². The van der Waals surface area contributed by atoms with Crippen molar-refractivity contribution in [3.05, 3.63) is 35.1 Å². The minimum Gasteiger partial charge on any atom is -0.352 e. The summed E-state index contributed by atoms with van der Waals surface area (Å²) in [5.41, 5.74) is 0.852. The van der Waals surface area contributed by atoms with Gasteiger partial charge < -0.3 is 10.6 Å². The first kappa shape index (κ1) is 15.0. The van der Waals surface area contributed by atoms with E-state index in [0.717, 1.165) is 25.9 Å². The normalized spacial score (nSPS) is 16.4. The van der Waals surface area contributed by atoms with E-state index in [1.54, 1.807) is 12.1 Å². The Kier molecular flexibility index (Phi) is 5.12. The highest BCUT2D eigenvalue weighted by atomic mass is 19.1. The Labute approximate surface area is 120 Å². The molecule has 1 aromatic rings. The lowest BCUT2D eigenvalue weighted by atomic mass is 9.88. The maximum Gasteiger partial charge on any atom is 0.254 e. The SMILES string of the molecule is CC(C)CNC(=O)c1cccc(C2CCNCC2)c1F. The lowest BCUT2D eigenvalue weighted by molar-refractivity contribution is 0.0944. The highest BCUT2D eigenvalue weighted by Gasteiger charge is 2.22. The first-order valence-electron chi connectivity index (χ1n) is 7.37. The summed E-state index contributed by atoms with van der Waals surface area (Å²) in [6, 6.07) is 5.16. The van der Waals surface area contributed by atoms with E-state index in [0.29, 0.717) is 18.0 Å². The van der Waals surface area contributed by atoms with Crippen LogP contribution in [0.5, 0.6) is 0 Å². The van der Waals surface area contributed by atoms with Crippen LogP contribution in [-0.2, 0) is 0 Å². The zero-order valence-corrected chi connectivity index (χ0v) is 12.2. The first-order valence-corrected chi connectivity index (χ1v) is 7.37. The van der Waals surface area contributed by atoms with Crippen LogP contribution in [0.4, 0.5) is 4.39 Å². The maximum absolute atomic E-state index is 14.6. The Morgan fingerprint density at radius 1 is 1.40 bits per heavy atom. The molecule has 2 rings (SSSR count). The molecule has 1 aliphatic rings. The molecule has 0 radical (unpaired) electrons. The number of benzene rings is 1. The van der Waals surface area contributed by atoms with Crippen molar-refractivity contribution in [3.63, 3.8) is 0 Å². The van der Waals surface area contributed by atoms with E-state index in [4.69, 9.17) is 0 Å². The second-order valence-corrected chi connectivity index (χ2v) is 5.84. The molecule has 0 bridgehead atoms. The third-order valence-electron chi connectivity index (χ3n) is 3.72. The molecule has 20 heavy (non-hydrogen) atoms. The fourth-order valence-corrected chi connectivity index (χ4v) is 2.57. The van der Waals surface area contributed by atoms with Gasteiger partial charge >= 0.3 is 0 Å². The van der Waals surface area contributed by atoms with Crippen molar-refractivity contribution in [1.82, 2.24) is 10.6 Å². The van der Waals surface area contributed by atoms with Crippen LogP contribution in [-0.4, -0.2) is 25.5 Å². The molecule has 0 saturated carbocycles. The Morgan fingerprint density at radius 3 is 2.75 bits per heavy atom. The number of carbonyl (C=O) groups is 1. The van der Waals surface area contributed by atoms with E-state index in [-0.39, 0.29) is 23.2 Å². The van der Waals surface area contributed by atoms with Crippen LogP contribution in [0, 0.1) is 11.7 Å². The van der Waals surface area contributed by atoms with Gasteiger partial charge in [0, 0.05) is 6.54 Å². The summed E-state index contributed by atoms with van der Waals surface area (Å²) < 4.78 is 14.6. The van der Waals surface area contributed by atoms with Gasteiger partial charge in [-0.05, 0) is 49.4 Å². The zero-order chi connectivity index (χ0) is 14.5. The van der Waals surface area contributed by atoms with E-state index in [1.165, 1.54) is 0 Å². The van der Waals surface area contributed by atoms with Crippen LogP contribution >= 0.6 is 0 Å². The monoisotopic (exact) mass is 278 g/mol.